The predicted octanol–water partition coefficient (Wildman–Crippen LogP) is 0.922. The molecule has 1 heterocycles. The number of nitrogens with zero attached hydrogens (tertiary/aromatic N) is 1. The molecule has 1 aromatic heterocycles. The minimum atomic E-state index is -0.941. The van der Waals surface area contributed by atoms with Gasteiger partial charge in [-0.3, -0.25) is 14.2 Å². The minimum Gasteiger partial charge on any atom is -0.394 e. The van der Waals surface area contributed by atoms with Crippen molar-refractivity contribution in [3.63, 3.8) is 0 Å². The quantitative estimate of drug-likeness (QED) is 0.784. The number of hydrogen-bond acceptors (Lipinski definition) is 3. The van der Waals surface area contributed by atoms with Crippen LogP contribution in [0.1, 0.15) is 23.8 Å². The Morgan fingerprint density at radius 3 is 2.88 bits per heavy atom. The summed E-state index contributed by atoms with van der Waals surface area (Å²) in [5.74, 6) is -0.411. The highest BCUT2D eigenvalue weighted by Gasteiger charge is 2.26. The lowest BCUT2D eigenvalue weighted by molar-refractivity contribution is 0.0828. The number of rotatable bonds is 5. The third-order valence-electron chi connectivity index (χ3n) is 2.31. The van der Waals surface area contributed by atoms with Gasteiger partial charge < -0.3 is 10.4 Å². The van der Waals surface area contributed by atoms with E-state index in [9.17, 15) is 9.18 Å². The summed E-state index contributed by atoms with van der Waals surface area (Å²) in [6.07, 6.45) is 1.57. The fraction of sp³-hybridized carbons (Fsp3) is 0.455. The number of alkyl halides is 1. The molecule has 16 heavy (non-hydrogen) atoms. The number of nitrogens with one attached hydrogen (secondary N) is 1. The van der Waals surface area contributed by atoms with Crippen molar-refractivity contribution in [1.82, 2.24) is 10.3 Å². The fourth-order valence-corrected chi connectivity index (χ4v) is 1.22. The monoisotopic (exact) mass is 226 g/mol. The van der Waals surface area contributed by atoms with Crippen molar-refractivity contribution in [1.29, 1.82) is 0 Å². The maximum Gasteiger partial charge on any atom is 0.270 e. The van der Waals surface area contributed by atoms with E-state index >= 15 is 0 Å². The summed E-state index contributed by atoms with van der Waals surface area (Å²) in [5, 5.41) is 11.7. The Morgan fingerprint density at radius 2 is 2.38 bits per heavy atom. The third kappa shape index (κ3) is 3.27. The second kappa shape index (κ2) is 5.55. The average molecular weight is 226 g/mol. The average Bonchev–Trinajstić information content (AvgIpc) is 2.30. The molecule has 0 fully saturated rings. The summed E-state index contributed by atoms with van der Waals surface area (Å²) < 4.78 is 12.3. The van der Waals surface area contributed by atoms with Gasteiger partial charge in [0.2, 0.25) is 0 Å². The molecule has 0 saturated carbocycles. The largest absolute Gasteiger partial charge is 0.394 e. The van der Waals surface area contributed by atoms with Crippen LogP contribution < -0.4 is 5.32 Å². The second-order valence-electron chi connectivity index (χ2n) is 3.83. The van der Waals surface area contributed by atoms with Crippen LogP contribution in [0, 0.1) is 0 Å². The summed E-state index contributed by atoms with van der Waals surface area (Å²) in [6.45, 7) is 0.683. The Labute approximate surface area is 93.5 Å². The normalized spacial score (nSPS) is 14.2. The Morgan fingerprint density at radius 1 is 1.62 bits per heavy atom. The SMILES string of the molecule is CC(CO)(CCF)NC(=O)c1ccccn1. The number of carbonyl (C=O) groups excluding carboxylic acids is 1. The van der Waals surface area contributed by atoms with Gasteiger partial charge in [0.25, 0.3) is 5.91 Å². The molecule has 88 valence electrons. The zero-order valence-electron chi connectivity index (χ0n) is 9.11. The number of aliphatic hydroxyl groups is 1. The first-order valence-corrected chi connectivity index (χ1v) is 5.02. The molecule has 1 amide bonds. The molecule has 1 rings (SSSR count). The highest BCUT2D eigenvalue weighted by atomic mass is 19.1. The molecule has 0 saturated heterocycles. The number of hydrogen-bond donors (Lipinski definition) is 2. The maximum atomic E-state index is 12.3. The number of aliphatic hydroxyl groups excluding tert-OH is 1. The molecule has 0 aliphatic carbocycles. The van der Waals surface area contributed by atoms with E-state index in [-0.39, 0.29) is 18.7 Å². The number of halogens is 1. The molecule has 4 nitrogen and oxygen atoms in total. The third-order valence-corrected chi connectivity index (χ3v) is 2.31. The van der Waals surface area contributed by atoms with Crippen molar-refractivity contribution in [2.75, 3.05) is 13.3 Å². The molecule has 0 aliphatic rings. The minimum absolute atomic E-state index is 0.0715. The molecule has 0 radical (unpaired) electrons. The van der Waals surface area contributed by atoms with Crippen molar-refractivity contribution in [2.45, 2.75) is 18.9 Å². The first kappa shape index (κ1) is 12.6. The van der Waals surface area contributed by atoms with E-state index in [1.807, 2.05) is 0 Å². The second-order valence-corrected chi connectivity index (χ2v) is 3.83. The van der Waals surface area contributed by atoms with Crippen LogP contribution >= 0.6 is 0 Å². The lowest BCUT2D eigenvalue weighted by atomic mass is 9.99. The Balaban J connectivity index is 2.70. The van der Waals surface area contributed by atoms with Gasteiger partial charge in [0.05, 0.1) is 18.8 Å². The van der Waals surface area contributed by atoms with Gasteiger partial charge >= 0.3 is 0 Å². The van der Waals surface area contributed by atoms with Crippen molar-refractivity contribution < 1.29 is 14.3 Å². The molecule has 0 bridgehead atoms. The number of amides is 1. The standard InChI is InChI=1S/C11H15FN2O2/c1-11(8-15,5-6-12)14-10(16)9-4-2-3-7-13-9/h2-4,7,15H,5-6,8H2,1H3,(H,14,16). The van der Waals surface area contributed by atoms with Crippen LogP contribution in [0.4, 0.5) is 4.39 Å². The van der Waals surface area contributed by atoms with Gasteiger partial charge in [0, 0.05) is 12.6 Å². The van der Waals surface area contributed by atoms with Gasteiger partial charge in [-0.1, -0.05) is 6.07 Å². The van der Waals surface area contributed by atoms with E-state index in [1.165, 1.54) is 6.20 Å². The number of carbonyl (C=O) groups is 1. The van der Waals surface area contributed by atoms with Crippen molar-refractivity contribution in [2.24, 2.45) is 0 Å². The molecule has 0 aliphatic heterocycles. The van der Waals surface area contributed by atoms with Gasteiger partial charge in [-0.25, -0.2) is 0 Å². The molecular formula is C11H15FN2O2. The van der Waals surface area contributed by atoms with Crippen LogP contribution in [0.2, 0.25) is 0 Å². The highest BCUT2D eigenvalue weighted by Crippen LogP contribution is 2.10. The lowest BCUT2D eigenvalue weighted by Crippen LogP contribution is -2.49. The fourth-order valence-electron chi connectivity index (χ4n) is 1.22. The van der Waals surface area contributed by atoms with E-state index in [0.717, 1.165) is 0 Å². The predicted molar refractivity (Wildman–Crippen MR) is 57.8 cm³/mol. The molecule has 2 N–H and O–H groups in total. The Kier molecular flexibility index (Phi) is 4.37. The van der Waals surface area contributed by atoms with Crippen LogP contribution in [-0.2, 0) is 0 Å². The Bertz CT molecular complexity index is 345. The summed E-state index contributed by atoms with van der Waals surface area (Å²) in [6, 6.07) is 4.94. The van der Waals surface area contributed by atoms with Crippen LogP contribution in [0.5, 0.6) is 0 Å². The summed E-state index contributed by atoms with van der Waals surface area (Å²) >= 11 is 0. The molecule has 1 unspecified atom stereocenters. The van der Waals surface area contributed by atoms with Crippen LogP contribution in [0.3, 0.4) is 0 Å². The molecule has 1 aromatic rings. The first-order valence-electron chi connectivity index (χ1n) is 5.02. The van der Waals surface area contributed by atoms with E-state index in [0.29, 0.717) is 0 Å². The molecule has 0 aromatic carbocycles. The first-order chi connectivity index (χ1) is 7.61. The van der Waals surface area contributed by atoms with E-state index in [4.69, 9.17) is 5.11 Å². The molecule has 0 spiro atoms. The van der Waals surface area contributed by atoms with Gasteiger partial charge in [-0.15, -0.1) is 0 Å². The topological polar surface area (TPSA) is 62.2 Å². The van der Waals surface area contributed by atoms with Gasteiger partial charge in [-0.2, -0.15) is 0 Å². The summed E-state index contributed by atoms with van der Waals surface area (Å²) in [5.41, 5.74) is -0.690. The van der Waals surface area contributed by atoms with E-state index in [2.05, 4.69) is 10.3 Å². The highest BCUT2D eigenvalue weighted by molar-refractivity contribution is 5.92. The van der Waals surface area contributed by atoms with E-state index in [1.54, 1.807) is 25.1 Å². The van der Waals surface area contributed by atoms with Crippen LogP contribution in [0.15, 0.2) is 24.4 Å². The number of aromatic nitrogens is 1. The lowest BCUT2D eigenvalue weighted by Gasteiger charge is -2.27. The zero-order valence-corrected chi connectivity index (χ0v) is 9.11. The van der Waals surface area contributed by atoms with Crippen molar-refractivity contribution in [3.8, 4) is 0 Å². The smallest absolute Gasteiger partial charge is 0.270 e. The zero-order chi connectivity index (χ0) is 12.0. The molecule has 5 heteroatoms. The Hall–Kier alpha value is -1.49. The van der Waals surface area contributed by atoms with E-state index < -0.39 is 18.1 Å². The maximum absolute atomic E-state index is 12.3. The molecular weight excluding hydrogens is 211 g/mol. The summed E-state index contributed by atoms with van der Waals surface area (Å²) in [7, 11) is 0. The van der Waals surface area contributed by atoms with Gasteiger partial charge in [0.1, 0.15) is 5.69 Å². The molecule has 1 atom stereocenters. The van der Waals surface area contributed by atoms with Crippen LogP contribution in [0.25, 0.3) is 0 Å². The van der Waals surface area contributed by atoms with Gasteiger partial charge in [-0.05, 0) is 19.1 Å². The van der Waals surface area contributed by atoms with Crippen molar-refractivity contribution in [3.05, 3.63) is 30.1 Å². The van der Waals surface area contributed by atoms with Crippen LogP contribution in [-0.4, -0.2) is 34.8 Å². The van der Waals surface area contributed by atoms with Crippen molar-refractivity contribution >= 4 is 5.91 Å². The number of pyridine rings is 1. The van der Waals surface area contributed by atoms with Gasteiger partial charge in [0.15, 0.2) is 0 Å². The summed E-state index contributed by atoms with van der Waals surface area (Å²) in [4.78, 5) is 15.6.